The molecule has 1 saturated heterocycles. The fourth-order valence-electron chi connectivity index (χ4n) is 2.44. The third-order valence-corrected chi connectivity index (χ3v) is 6.05. The Morgan fingerprint density at radius 1 is 1.48 bits per heavy atom. The van der Waals surface area contributed by atoms with Gasteiger partial charge in [-0.1, -0.05) is 6.92 Å². The van der Waals surface area contributed by atoms with Gasteiger partial charge in [0.15, 0.2) is 5.96 Å². The van der Waals surface area contributed by atoms with Crippen molar-refractivity contribution < 1.29 is 4.79 Å². The van der Waals surface area contributed by atoms with Crippen LogP contribution in [0.25, 0.3) is 0 Å². The second kappa shape index (κ2) is 9.12. The fraction of sp³-hybridized carbons (Fsp3) is 0.667. The number of hydrogen-bond acceptors (Lipinski definition) is 5. The molecular weight excluding hydrogens is 330 g/mol. The highest BCUT2D eigenvalue weighted by molar-refractivity contribution is 8.00. The molecule has 0 aromatic carbocycles. The maximum Gasteiger partial charge on any atom is 0.263 e. The predicted molar refractivity (Wildman–Crippen MR) is 98.7 cm³/mol. The molecule has 0 saturated carbocycles. The van der Waals surface area contributed by atoms with Crippen LogP contribution in [0, 0.1) is 6.92 Å². The van der Waals surface area contributed by atoms with E-state index in [0.29, 0.717) is 23.2 Å². The van der Waals surface area contributed by atoms with E-state index in [9.17, 15) is 4.79 Å². The van der Waals surface area contributed by atoms with Crippen molar-refractivity contribution in [3.63, 3.8) is 0 Å². The SMILES string of the molecule is CCC1CN(C(=NC)NCCNC(=O)c2scnc2C)CCS1. The molecule has 8 heteroatoms. The highest BCUT2D eigenvalue weighted by Gasteiger charge is 2.21. The molecule has 1 aliphatic rings. The number of aryl methyl sites for hydroxylation is 1. The summed E-state index contributed by atoms with van der Waals surface area (Å²) < 4.78 is 0. The predicted octanol–water partition coefficient (Wildman–Crippen LogP) is 1.58. The normalized spacial score (nSPS) is 18.8. The van der Waals surface area contributed by atoms with E-state index in [0.717, 1.165) is 30.5 Å². The number of nitrogens with zero attached hydrogens (tertiary/aromatic N) is 3. The van der Waals surface area contributed by atoms with Crippen LogP contribution in [0.2, 0.25) is 0 Å². The summed E-state index contributed by atoms with van der Waals surface area (Å²) in [7, 11) is 1.81. The molecule has 1 aromatic heterocycles. The van der Waals surface area contributed by atoms with Gasteiger partial charge in [0.05, 0.1) is 11.2 Å². The Labute approximate surface area is 146 Å². The fourth-order valence-corrected chi connectivity index (χ4v) is 4.34. The quantitative estimate of drug-likeness (QED) is 0.477. The second-order valence-electron chi connectivity index (χ2n) is 5.34. The van der Waals surface area contributed by atoms with Gasteiger partial charge in [0, 0.05) is 44.2 Å². The van der Waals surface area contributed by atoms with E-state index in [2.05, 4.69) is 32.4 Å². The van der Waals surface area contributed by atoms with Crippen molar-refractivity contribution in [1.82, 2.24) is 20.5 Å². The maximum absolute atomic E-state index is 12.0. The zero-order valence-corrected chi connectivity index (χ0v) is 15.6. The van der Waals surface area contributed by atoms with Crippen LogP contribution in [0.5, 0.6) is 0 Å². The van der Waals surface area contributed by atoms with Crippen LogP contribution < -0.4 is 10.6 Å². The van der Waals surface area contributed by atoms with E-state index in [1.54, 1.807) is 5.51 Å². The zero-order chi connectivity index (χ0) is 16.7. The molecule has 0 spiro atoms. The highest BCUT2D eigenvalue weighted by atomic mass is 32.2. The summed E-state index contributed by atoms with van der Waals surface area (Å²) in [5.41, 5.74) is 2.48. The molecule has 128 valence electrons. The zero-order valence-electron chi connectivity index (χ0n) is 14.0. The van der Waals surface area contributed by atoms with E-state index >= 15 is 0 Å². The van der Waals surface area contributed by atoms with Crippen molar-refractivity contribution in [2.75, 3.05) is 39.0 Å². The minimum Gasteiger partial charge on any atom is -0.354 e. The molecule has 1 fully saturated rings. The summed E-state index contributed by atoms with van der Waals surface area (Å²) in [6.45, 7) is 7.37. The first-order chi connectivity index (χ1) is 11.2. The Kier molecular flexibility index (Phi) is 7.16. The summed E-state index contributed by atoms with van der Waals surface area (Å²) in [5, 5.41) is 6.94. The number of thioether (sulfide) groups is 1. The van der Waals surface area contributed by atoms with Gasteiger partial charge in [-0.3, -0.25) is 9.79 Å². The largest absolute Gasteiger partial charge is 0.354 e. The van der Waals surface area contributed by atoms with Gasteiger partial charge in [0.2, 0.25) is 0 Å². The summed E-state index contributed by atoms with van der Waals surface area (Å²) in [6, 6.07) is 0. The summed E-state index contributed by atoms with van der Waals surface area (Å²) in [6.07, 6.45) is 1.18. The molecule has 2 heterocycles. The van der Waals surface area contributed by atoms with Gasteiger partial charge >= 0.3 is 0 Å². The first kappa shape index (κ1) is 18.1. The van der Waals surface area contributed by atoms with Gasteiger partial charge in [-0.15, -0.1) is 11.3 Å². The van der Waals surface area contributed by atoms with Crippen LogP contribution in [0.15, 0.2) is 10.5 Å². The van der Waals surface area contributed by atoms with Crippen LogP contribution in [-0.2, 0) is 0 Å². The van der Waals surface area contributed by atoms with E-state index < -0.39 is 0 Å². The van der Waals surface area contributed by atoms with E-state index in [4.69, 9.17) is 0 Å². The second-order valence-corrected chi connectivity index (χ2v) is 7.61. The molecule has 2 rings (SSSR count). The molecular formula is C15H25N5OS2. The molecule has 0 radical (unpaired) electrons. The highest BCUT2D eigenvalue weighted by Crippen LogP contribution is 2.20. The minimum atomic E-state index is -0.0535. The standard InChI is InChI=1S/C15H25N5OS2/c1-4-12-9-20(7-8-22-12)15(16-3)18-6-5-17-14(21)13-11(2)19-10-23-13/h10,12H,4-9H2,1-3H3,(H,16,18)(H,17,21). The number of rotatable bonds is 5. The van der Waals surface area contributed by atoms with Crippen molar-refractivity contribution in [2.24, 2.45) is 4.99 Å². The van der Waals surface area contributed by atoms with Gasteiger partial charge in [0.25, 0.3) is 5.91 Å². The van der Waals surface area contributed by atoms with Crippen LogP contribution in [0.1, 0.15) is 28.7 Å². The molecule has 2 N–H and O–H groups in total. The summed E-state index contributed by atoms with van der Waals surface area (Å²) in [4.78, 5) is 23.5. The number of guanidine groups is 1. The first-order valence-corrected chi connectivity index (χ1v) is 9.84. The number of aliphatic imine (C=N–C) groups is 1. The van der Waals surface area contributed by atoms with Crippen molar-refractivity contribution in [1.29, 1.82) is 0 Å². The Morgan fingerprint density at radius 2 is 2.26 bits per heavy atom. The average molecular weight is 356 g/mol. The Bertz CT molecular complexity index is 546. The van der Waals surface area contributed by atoms with Crippen LogP contribution in [0.4, 0.5) is 0 Å². The van der Waals surface area contributed by atoms with E-state index in [1.807, 2.05) is 25.7 Å². The lowest BCUT2D eigenvalue weighted by Gasteiger charge is -2.34. The monoisotopic (exact) mass is 355 g/mol. The topological polar surface area (TPSA) is 69.6 Å². The lowest BCUT2D eigenvalue weighted by molar-refractivity contribution is 0.0957. The van der Waals surface area contributed by atoms with E-state index in [-0.39, 0.29) is 5.91 Å². The summed E-state index contributed by atoms with van der Waals surface area (Å²) in [5.74, 6) is 2.01. The third kappa shape index (κ3) is 5.10. The lowest BCUT2D eigenvalue weighted by atomic mass is 10.3. The molecule has 1 atom stereocenters. The molecule has 1 aliphatic heterocycles. The van der Waals surface area contributed by atoms with Gasteiger partial charge in [-0.25, -0.2) is 4.98 Å². The smallest absolute Gasteiger partial charge is 0.263 e. The number of carbonyl (C=O) groups is 1. The molecule has 1 aromatic rings. The van der Waals surface area contributed by atoms with Crippen LogP contribution in [0.3, 0.4) is 0 Å². The number of thiazole rings is 1. The molecule has 0 aliphatic carbocycles. The molecule has 1 unspecified atom stereocenters. The number of hydrogen-bond donors (Lipinski definition) is 2. The number of carbonyl (C=O) groups excluding carboxylic acids is 1. The van der Waals surface area contributed by atoms with Crippen LogP contribution >= 0.6 is 23.1 Å². The molecule has 6 nitrogen and oxygen atoms in total. The molecule has 1 amide bonds. The van der Waals surface area contributed by atoms with Gasteiger partial charge < -0.3 is 15.5 Å². The first-order valence-electron chi connectivity index (χ1n) is 7.91. The third-order valence-electron chi connectivity index (χ3n) is 3.75. The molecule has 0 bridgehead atoms. The maximum atomic E-state index is 12.0. The van der Waals surface area contributed by atoms with Gasteiger partial charge in [-0.05, 0) is 13.3 Å². The molecule has 23 heavy (non-hydrogen) atoms. The number of aromatic nitrogens is 1. The van der Waals surface area contributed by atoms with Gasteiger partial charge in [-0.2, -0.15) is 11.8 Å². The Balaban J connectivity index is 1.74. The summed E-state index contributed by atoms with van der Waals surface area (Å²) >= 11 is 3.41. The van der Waals surface area contributed by atoms with Crippen molar-refractivity contribution in [3.8, 4) is 0 Å². The van der Waals surface area contributed by atoms with Gasteiger partial charge in [0.1, 0.15) is 4.88 Å². The Hall–Kier alpha value is -1.28. The van der Waals surface area contributed by atoms with E-state index in [1.165, 1.54) is 17.8 Å². The Morgan fingerprint density at radius 3 is 2.91 bits per heavy atom. The van der Waals surface area contributed by atoms with Crippen molar-refractivity contribution in [3.05, 3.63) is 16.1 Å². The van der Waals surface area contributed by atoms with Crippen LogP contribution in [-0.4, -0.2) is 66.0 Å². The number of amides is 1. The van der Waals surface area contributed by atoms with Crippen molar-refractivity contribution >= 4 is 35.0 Å². The lowest BCUT2D eigenvalue weighted by Crippen LogP contribution is -2.49. The number of nitrogens with one attached hydrogen (secondary N) is 2. The minimum absolute atomic E-state index is 0.0535. The van der Waals surface area contributed by atoms with Crippen molar-refractivity contribution in [2.45, 2.75) is 25.5 Å². The average Bonchev–Trinajstić information content (AvgIpc) is 3.01.